The van der Waals surface area contributed by atoms with E-state index in [1.54, 1.807) is 25.2 Å². The first-order chi connectivity index (χ1) is 21.2. The van der Waals surface area contributed by atoms with Gasteiger partial charge in [-0.2, -0.15) is 0 Å². The third-order valence-corrected chi connectivity index (χ3v) is 9.52. The maximum atomic E-state index is 15.1. The number of hydrogen-bond acceptors (Lipinski definition) is 0. The van der Waals surface area contributed by atoms with Crippen LogP contribution in [0.4, 0.5) is 17.6 Å². The Kier molecular flexibility index (Phi) is 7.19. The van der Waals surface area contributed by atoms with Gasteiger partial charge < -0.3 is 0 Å². The summed E-state index contributed by atoms with van der Waals surface area (Å²) in [4.78, 5) is 0. The van der Waals surface area contributed by atoms with Crippen molar-refractivity contribution in [3.05, 3.63) is 137 Å². The molecule has 0 heterocycles. The molecule has 0 aromatic heterocycles. The Balaban J connectivity index is 1.47. The maximum Gasteiger partial charge on any atom is 0.251 e. The Bertz CT molecular complexity index is 1930. The van der Waals surface area contributed by atoms with Crippen LogP contribution in [0.3, 0.4) is 0 Å². The lowest BCUT2D eigenvalue weighted by Crippen LogP contribution is -2.23. The minimum absolute atomic E-state index is 0.0448. The molecule has 4 heteroatoms. The smallest absolute Gasteiger partial charge is 0.239 e. The molecule has 4 aliphatic carbocycles. The first kappa shape index (κ1) is 28.6. The average molecular weight is 591 g/mol. The molecule has 0 spiro atoms. The van der Waals surface area contributed by atoms with Gasteiger partial charge in [0.2, 0.25) is 0 Å². The Hall–Kier alpha value is -4.18. The monoisotopic (exact) mass is 590 g/mol. The van der Waals surface area contributed by atoms with Gasteiger partial charge in [0.1, 0.15) is 5.83 Å². The second kappa shape index (κ2) is 11.1. The molecule has 0 saturated heterocycles. The van der Waals surface area contributed by atoms with Crippen molar-refractivity contribution in [1.82, 2.24) is 0 Å². The lowest BCUT2D eigenvalue weighted by Gasteiger charge is -2.25. The van der Waals surface area contributed by atoms with Crippen LogP contribution in [-0.4, -0.2) is 12.1 Å². The van der Waals surface area contributed by atoms with Crippen LogP contribution < -0.4 is 0 Å². The van der Waals surface area contributed by atoms with Crippen LogP contribution in [0, 0.1) is 11.8 Å². The van der Waals surface area contributed by atoms with Crippen molar-refractivity contribution < 1.29 is 17.6 Å². The highest BCUT2D eigenvalue weighted by Gasteiger charge is 2.33. The fraction of sp³-hybridized carbons (Fsp3) is 0.250. The Morgan fingerprint density at radius 1 is 0.795 bits per heavy atom. The highest BCUT2D eigenvalue weighted by molar-refractivity contribution is 6.16. The van der Waals surface area contributed by atoms with Gasteiger partial charge in [0.25, 0.3) is 5.92 Å². The number of hydrogen-bond donors (Lipinski definition) is 0. The number of allylic oxidation sites excluding steroid dienone is 16. The van der Waals surface area contributed by atoms with E-state index < -0.39 is 23.8 Å². The molecular formula is C40H34F4. The molecule has 0 nitrogen and oxygen atoms in total. The lowest BCUT2D eigenvalue weighted by molar-refractivity contribution is -0.0200. The van der Waals surface area contributed by atoms with Crippen molar-refractivity contribution in [3.8, 4) is 0 Å². The lowest BCUT2D eigenvalue weighted by atomic mass is 9.79. The van der Waals surface area contributed by atoms with Crippen molar-refractivity contribution in [1.29, 1.82) is 0 Å². The van der Waals surface area contributed by atoms with Gasteiger partial charge in [-0.3, -0.25) is 0 Å². The average Bonchev–Trinajstić information content (AvgIpc) is 3.24. The van der Waals surface area contributed by atoms with Gasteiger partial charge in [-0.25, -0.2) is 17.6 Å². The molecule has 0 bridgehead atoms. The molecule has 0 radical (unpaired) electrons. The second-order valence-corrected chi connectivity index (χ2v) is 12.5. The normalized spacial score (nSPS) is 23.7. The van der Waals surface area contributed by atoms with Crippen LogP contribution >= 0.6 is 0 Å². The van der Waals surface area contributed by atoms with E-state index >= 15 is 4.39 Å². The highest BCUT2D eigenvalue weighted by Crippen LogP contribution is 2.46. The zero-order valence-electron chi connectivity index (χ0n) is 24.9. The zero-order chi connectivity index (χ0) is 30.6. The van der Waals surface area contributed by atoms with Crippen molar-refractivity contribution >= 4 is 38.3 Å². The van der Waals surface area contributed by atoms with E-state index in [1.165, 1.54) is 11.1 Å². The molecule has 4 aliphatic rings. The Morgan fingerprint density at radius 3 is 2.25 bits per heavy atom. The molecule has 7 rings (SSSR count). The number of rotatable bonds is 4. The van der Waals surface area contributed by atoms with Crippen molar-refractivity contribution in [2.45, 2.75) is 51.6 Å². The molecule has 0 saturated carbocycles. The number of halogens is 4. The minimum Gasteiger partial charge on any atom is -0.239 e. The van der Waals surface area contributed by atoms with Gasteiger partial charge in [-0.15, -0.1) is 0 Å². The van der Waals surface area contributed by atoms with E-state index in [-0.39, 0.29) is 18.8 Å². The van der Waals surface area contributed by atoms with Crippen LogP contribution in [0.2, 0.25) is 0 Å². The van der Waals surface area contributed by atoms with Gasteiger partial charge >= 0.3 is 0 Å². The van der Waals surface area contributed by atoms with E-state index in [9.17, 15) is 13.2 Å². The fourth-order valence-corrected chi connectivity index (χ4v) is 7.22. The van der Waals surface area contributed by atoms with Crippen molar-refractivity contribution in [2.24, 2.45) is 11.8 Å². The van der Waals surface area contributed by atoms with Crippen LogP contribution in [0.25, 0.3) is 38.3 Å². The first-order valence-electron chi connectivity index (χ1n) is 15.4. The van der Waals surface area contributed by atoms with E-state index in [2.05, 4.69) is 66.8 Å². The standard InChI is InChI=1S/C40H34F4/c1-24-20-30(23-36(41)39(24)42)38-33-13-6-5-12-32(33)37(29-11-7-10-25-8-3-4-9-27(25)21-29)34-19-16-28(22-35(34)38)26-14-17-31(18-15-26)40(2,43)44/h3-6,8-17,19-20,22,27,31,36H,7,18,21,23H2,1-2H3. The van der Waals surface area contributed by atoms with Crippen LogP contribution in [0.15, 0.2) is 120 Å². The first-order valence-corrected chi connectivity index (χ1v) is 15.4. The molecule has 3 aromatic carbocycles. The minimum atomic E-state index is -2.79. The molecule has 0 N–H and O–H groups in total. The topological polar surface area (TPSA) is 0 Å². The molecule has 44 heavy (non-hydrogen) atoms. The summed E-state index contributed by atoms with van der Waals surface area (Å²) in [6.07, 6.45) is 20.5. The summed E-state index contributed by atoms with van der Waals surface area (Å²) < 4.78 is 57.7. The summed E-state index contributed by atoms with van der Waals surface area (Å²) in [7, 11) is 0. The van der Waals surface area contributed by atoms with Gasteiger partial charge in [0.05, 0.1) is 0 Å². The molecule has 3 unspecified atom stereocenters. The van der Waals surface area contributed by atoms with Crippen molar-refractivity contribution in [3.63, 3.8) is 0 Å². The molecule has 0 fully saturated rings. The van der Waals surface area contributed by atoms with Gasteiger partial charge in [-0.1, -0.05) is 97.2 Å². The van der Waals surface area contributed by atoms with Crippen LogP contribution in [0.1, 0.15) is 56.2 Å². The van der Waals surface area contributed by atoms with Crippen LogP contribution in [0.5, 0.6) is 0 Å². The highest BCUT2D eigenvalue weighted by atomic mass is 19.3. The zero-order valence-corrected chi connectivity index (χ0v) is 24.9. The van der Waals surface area contributed by atoms with Crippen molar-refractivity contribution in [2.75, 3.05) is 0 Å². The summed E-state index contributed by atoms with van der Waals surface area (Å²) in [5, 5.41) is 4.09. The molecular weight excluding hydrogens is 556 g/mol. The predicted molar refractivity (Wildman–Crippen MR) is 176 cm³/mol. The SMILES string of the molecule is CC1=C(F)C(F)CC(c2c3ccccc3c(C3=CCC=C4C=CC=CC4C3)c3ccc(C4=CCC(C(C)(F)F)C=C4)cc23)=C1. The number of alkyl halides is 3. The largest absolute Gasteiger partial charge is 0.251 e. The van der Waals surface area contributed by atoms with Gasteiger partial charge in [0, 0.05) is 18.3 Å². The Morgan fingerprint density at radius 2 is 1.55 bits per heavy atom. The number of benzene rings is 3. The summed E-state index contributed by atoms with van der Waals surface area (Å²) in [6.45, 7) is 2.58. The van der Waals surface area contributed by atoms with E-state index in [4.69, 9.17) is 0 Å². The molecule has 3 aromatic rings. The maximum absolute atomic E-state index is 15.1. The summed E-state index contributed by atoms with van der Waals surface area (Å²) in [5.41, 5.74) is 7.52. The third kappa shape index (κ3) is 5.04. The quantitative estimate of drug-likeness (QED) is 0.209. The predicted octanol–water partition coefficient (Wildman–Crippen LogP) is 11.8. The number of fused-ring (bicyclic) bond motifs is 3. The molecule has 3 atom stereocenters. The van der Waals surface area contributed by atoms with E-state index in [0.717, 1.165) is 69.1 Å². The molecule has 0 amide bonds. The fourth-order valence-electron chi connectivity index (χ4n) is 7.22. The van der Waals surface area contributed by atoms with E-state index in [0.29, 0.717) is 5.57 Å². The molecule has 222 valence electrons. The third-order valence-electron chi connectivity index (χ3n) is 9.52. The van der Waals surface area contributed by atoms with Gasteiger partial charge in [-0.05, 0) is 105 Å². The summed E-state index contributed by atoms with van der Waals surface area (Å²) in [6, 6.07) is 14.6. The Labute approximate surface area is 255 Å². The summed E-state index contributed by atoms with van der Waals surface area (Å²) >= 11 is 0. The summed E-state index contributed by atoms with van der Waals surface area (Å²) in [5.74, 6) is -4.04. The molecule has 0 aliphatic heterocycles. The second-order valence-electron chi connectivity index (χ2n) is 12.5. The van der Waals surface area contributed by atoms with E-state index in [1.807, 2.05) is 18.2 Å². The van der Waals surface area contributed by atoms with Gasteiger partial charge in [0.15, 0.2) is 6.17 Å². The van der Waals surface area contributed by atoms with Crippen LogP contribution in [-0.2, 0) is 0 Å².